The van der Waals surface area contributed by atoms with Crippen molar-refractivity contribution >= 4 is 5.91 Å². The molecule has 0 unspecified atom stereocenters. The van der Waals surface area contributed by atoms with Gasteiger partial charge in [-0.1, -0.05) is 6.07 Å². The van der Waals surface area contributed by atoms with Crippen LogP contribution in [0.25, 0.3) is 0 Å². The van der Waals surface area contributed by atoms with Gasteiger partial charge in [-0.15, -0.1) is 0 Å². The van der Waals surface area contributed by atoms with E-state index in [9.17, 15) is 14.3 Å². The SMILES string of the molecule is O=C(c1c(O)cccc1F)N(CCO)CCO. The summed E-state index contributed by atoms with van der Waals surface area (Å²) >= 11 is 0. The zero-order valence-corrected chi connectivity index (χ0v) is 9.14. The molecule has 1 aromatic carbocycles. The second-order valence-corrected chi connectivity index (χ2v) is 3.37. The molecule has 0 aliphatic rings. The van der Waals surface area contributed by atoms with Crippen molar-refractivity contribution in [1.29, 1.82) is 0 Å². The van der Waals surface area contributed by atoms with Gasteiger partial charge in [-0.05, 0) is 12.1 Å². The number of hydrogen-bond acceptors (Lipinski definition) is 4. The zero-order valence-electron chi connectivity index (χ0n) is 9.14. The van der Waals surface area contributed by atoms with E-state index < -0.39 is 23.0 Å². The van der Waals surface area contributed by atoms with E-state index in [1.54, 1.807) is 0 Å². The van der Waals surface area contributed by atoms with Crippen LogP contribution in [-0.2, 0) is 0 Å². The van der Waals surface area contributed by atoms with Gasteiger partial charge in [0.05, 0.1) is 13.2 Å². The minimum atomic E-state index is -0.837. The fourth-order valence-electron chi connectivity index (χ4n) is 1.44. The van der Waals surface area contributed by atoms with Crippen molar-refractivity contribution in [1.82, 2.24) is 4.90 Å². The summed E-state index contributed by atoms with van der Waals surface area (Å²) in [5.74, 6) is -2.06. The summed E-state index contributed by atoms with van der Waals surface area (Å²) in [5.41, 5.74) is -0.450. The van der Waals surface area contributed by atoms with Crippen LogP contribution < -0.4 is 0 Å². The van der Waals surface area contributed by atoms with Gasteiger partial charge in [-0.2, -0.15) is 0 Å². The summed E-state index contributed by atoms with van der Waals surface area (Å²) in [7, 11) is 0. The smallest absolute Gasteiger partial charge is 0.260 e. The van der Waals surface area contributed by atoms with Gasteiger partial charge in [0.15, 0.2) is 0 Å². The van der Waals surface area contributed by atoms with E-state index >= 15 is 0 Å². The Kier molecular flexibility index (Phi) is 4.86. The monoisotopic (exact) mass is 243 g/mol. The lowest BCUT2D eigenvalue weighted by molar-refractivity contribution is 0.0677. The highest BCUT2D eigenvalue weighted by molar-refractivity contribution is 5.97. The molecule has 0 bridgehead atoms. The van der Waals surface area contributed by atoms with Crippen molar-refractivity contribution in [2.24, 2.45) is 0 Å². The Morgan fingerprint density at radius 2 is 1.82 bits per heavy atom. The molecule has 0 radical (unpaired) electrons. The Morgan fingerprint density at radius 3 is 2.29 bits per heavy atom. The standard InChI is InChI=1S/C11H14FNO4/c12-8-2-1-3-9(16)10(8)11(17)13(4-6-14)5-7-15/h1-3,14-16H,4-7H2. The molecule has 0 fully saturated rings. The largest absolute Gasteiger partial charge is 0.507 e. The van der Waals surface area contributed by atoms with E-state index in [0.717, 1.165) is 11.0 Å². The van der Waals surface area contributed by atoms with Crippen LogP contribution in [-0.4, -0.2) is 52.4 Å². The van der Waals surface area contributed by atoms with Gasteiger partial charge in [0.1, 0.15) is 17.1 Å². The van der Waals surface area contributed by atoms with Gasteiger partial charge < -0.3 is 20.2 Å². The Morgan fingerprint density at radius 1 is 1.24 bits per heavy atom. The maximum atomic E-state index is 13.4. The van der Waals surface area contributed by atoms with Crippen molar-refractivity contribution in [2.45, 2.75) is 0 Å². The van der Waals surface area contributed by atoms with Crippen molar-refractivity contribution in [3.63, 3.8) is 0 Å². The molecule has 94 valence electrons. The summed E-state index contributed by atoms with van der Waals surface area (Å²) in [4.78, 5) is 12.9. The fourth-order valence-corrected chi connectivity index (χ4v) is 1.44. The van der Waals surface area contributed by atoms with E-state index in [2.05, 4.69) is 0 Å². The Balaban J connectivity index is 3.00. The van der Waals surface area contributed by atoms with Gasteiger partial charge in [0.25, 0.3) is 5.91 Å². The lowest BCUT2D eigenvalue weighted by atomic mass is 10.1. The first-order valence-electron chi connectivity index (χ1n) is 5.10. The van der Waals surface area contributed by atoms with Gasteiger partial charge in [-0.3, -0.25) is 4.79 Å². The third kappa shape index (κ3) is 3.15. The summed E-state index contributed by atoms with van der Waals surface area (Å²) in [6.07, 6.45) is 0. The number of aliphatic hydroxyl groups excluding tert-OH is 2. The highest BCUT2D eigenvalue weighted by atomic mass is 19.1. The van der Waals surface area contributed by atoms with Gasteiger partial charge >= 0.3 is 0 Å². The van der Waals surface area contributed by atoms with Crippen LogP contribution in [0, 0.1) is 5.82 Å². The van der Waals surface area contributed by atoms with E-state index in [4.69, 9.17) is 10.2 Å². The first-order valence-corrected chi connectivity index (χ1v) is 5.10. The fraction of sp³-hybridized carbons (Fsp3) is 0.364. The summed E-state index contributed by atoms with van der Waals surface area (Å²) in [6.45, 7) is -0.678. The maximum Gasteiger partial charge on any atom is 0.260 e. The first kappa shape index (κ1) is 13.4. The molecule has 0 saturated carbocycles. The minimum Gasteiger partial charge on any atom is -0.507 e. The Hall–Kier alpha value is -1.66. The van der Waals surface area contributed by atoms with Gasteiger partial charge in [0.2, 0.25) is 0 Å². The quantitative estimate of drug-likeness (QED) is 0.677. The van der Waals surface area contributed by atoms with E-state index in [1.807, 2.05) is 0 Å². The molecule has 1 aromatic rings. The molecule has 0 atom stereocenters. The summed E-state index contributed by atoms with van der Waals surface area (Å²) in [5, 5.41) is 27.0. The molecular weight excluding hydrogens is 229 g/mol. The van der Waals surface area contributed by atoms with Crippen LogP contribution in [0.2, 0.25) is 0 Å². The summed E-state index contributed by atoms with van der Waals surface area (Å²) in [6, 6.07) is 3.54. The molecule has 0 aliphatic heterocycles. The molecular formula is C11H14FNO4. The molecule has 6 heteroatoms. The summed E-state index contributed by atoms with van der Waals surface area (Å²) < 4.78 is 13.4. The van der Waals surface area contributed by atoms with Crippen LogP contribution in [0.15, 0.2) is 18.2 Å². The van der Waals surface area contributed by atoms with Crippen molar-refractivity contribution < 1.29 is 24.5 Å². The highest BCUT2D eigenvalue weighted by Crippen LogP contribution is 2.21. The third-order valence-electron chi connectivity index (χ3n) is 2.23. The second kappa shape index (κ2) is 6.17. The number of benzene rings is 1. The molecule has 0 spiro atoms. The molecule has 0 aliphatic carbocycles. The number of halogens is 1. The molecule has 0 aromatic heterocycles. The van der Waals surface area contributed by atoms with E-state index in [-0.39, 0.29) is 26.3 Å². The minimum absolute atomic E-state index is 0.0346. The van der Waals surface area contributed by atoms with Crippen LogP contribution in [0.4, 0.5) is 4.39 Å². The number of nitrogens with zero attached hydrogens (tertiary/aromatic N) is 1. The second-order valence-electron chi connectivity index (χ2n) is 3.37. The van der Waals surface area contributed by atoms with Gasteiger partial charge in [-0.25, -0.2) is 4.39 Å². The number of amides is 1. The van der Waals surface area contributed by atoms with Crippen molar-refractivity contribution in [2.75, 3.05) is 26.3 Å². The molecule has 3 N–H and O–H groups in total. The lowest BCUT2D eigenvalue weighted by Gasteiger charge is -2.21. The molecule has 0 heterocycles. The number of aromatic hydroxyl groups is 1. The van der Waals surface area contributed by atoms with Crippen LogP contribution in [0.5, 0.6) is 5.75 Å². The molecule has 1 rings (SSSR count). The highest BCUT2D eigenvalue weighted by Gasteiger charge is 2.21. The average molecular weight is 243 g/mol. The lowest BCUT2D eigenvalue weighted by Crippen LogP contribution is -2.36. The number of phenolic OH excluding ortho intramolecular Hbond substituents is 1. The zero-order chi connectivity index (χ0) is 12.8. The number of aliphatic hydroxyl groups is 2. The van der Waals surface area contributed by atoms with Gasteiger partial charge in [0, 0.05) is 13.1 Å². The predicted octanol–water partition coefficient (Wildman–Crippen LogP) is -0.0419. The normalized spacial score (nSPS) is 10.3. The Labute approximate surface area is 97.7 Å². The molecule has 17 heavy (non-hydrogen) atoms. The van der Waals surface area contributed by atoms with E-state index in [0.29, 0.717) is 0 Å². The van der Waals surface area contributed by atoms with Crippen LogP contribution >= 0.6 is 0 Å². The van der Waals surface area contributed by atoms with Crippen LogP contribution in [0.3, 0.4) is 0 Å². The topological polar surface area (TPSA) is 81.0 Å². The Bertz CT molecular complexity index is 371. The van der Waals surface area contributed by atoms with Crippen molar-refractivity contribution in [3.05, 3.63) is 29.6 Å². The number of phenols is 1. The van der Waals surface area contributed by atoms with Crippen molar-refractivity contribution in [3.8, 4) is 5.75 Å². The van der Waals surface area contributed by atoms with Crippen LogP contribution in [0.1, 0.15) is 10.4 Å². The average Bonchev–Trinajstić information content (AvgIpc) is 2.28. The number of carbonyl (C=O) groups excluding carboxylic acids is 1. The molecule has 1 amide bonds. The number of hydrogen-bond donors (Lipinski definition) is 3. The predicted molar refractivity (Wildman–Crippen MR) is 58.1 cm³/mol. The number of rotatable bonds is 5. The first-order chi connectivity index (χ1) is 8.11. The maximum absolute atomic E-state index is 13.4. The third-order valence-corrected chi connectivity index (χ3v) is 2.23. The number of carbonyl (C=O) groups is 1. The molecule has 0 saturated heterocycles. The van der Waals surface area contributed by atoms with E-state index in [1.165, 1.54) is 12.1 Å². The molecule has 5 nitrogen and oxygen atoms in total.